The fourth-order valence-corrected chi connectivity index (χ4v) is 4.47. The molecule has 0 atom stereocenters. The summed E-state index contributed by atoms with van der Waals surface area (Å²) in [4.78, 5) is 42.7. The maximum Gasteiger partial charge on any atom is 0.282 e. The molecule has 184 valence electrons. The van der Waals surface area contributed by atoms with E-state index in [9.17, 15) is 14.4 Å². The number of pyridine rings is 1. The van der Waals surface area contributed by atoms with Crippen LogP contribution >= 0.6 is 0 Å². The van der Waals surface area contributed by atoms with Crippen molar-refractivity contribution in [2.24, 2.45) is 7.05 Å². The normalized spacial score (nSPS) is 14.2. The number of aryl methyl sites for hydroxylation is 1. The third-order valence-electron chi connectivity index (χ3n) is 6.39. The van der Waals surface area contributed by atoms with E-state index in [1.807, 2.05) is 65.6 Å². The van der Waals surface area contributed by atoms with Crippen LogP contribution in [0.25, 0.3) is 16.9 Å². The van der Waals surface area contributed by atoms with Crippen molar-refractivity contribution in [3.8, 4) is 16.9 Å². The van der Waals surface area contributed by atoms with Crippen molar-refractivity contribution in [3.05, 3.63) is 94.5 Å². The second-order valence-corrected chi connectivity index (χ2v) is 8.98. The van der Waals surface area contributed by atoms with Crippen LogP contribution in [0.1, 0.15) is 15.9 Å². The number of benzene rings is 2. The number of amides is 2. The third kappa shape index (κ3) is 4.92. The van der Waals surface area contributed by atoms with Gasteiger partial charge in [0.05, 0.1) is 23.4 Å². The summed E-state index contributed by atoms with van der Waals surface area (Å²) >= 11 is 0. The molecule has 0 aliphatic carbocycles. The van der Waals surface area contributed by atoms with Crippen LogP contribution in [0.5, 0.6) is 0 Å². The molecule has 3 heterocycles. The van der Waals surface area contributed by atoms with E-state index in [-0.39, 0.29) is 17.4 Å². The van der Waals surface area contributed by atoms with Gasteiger partial charge >= 0.3 is 0 Å². The van der Waals surface area contributed by atoms with Crippen molar-refractivity contribution in [2.45, 2.75) is 6.54 Å². The van der Waals surface area contributed by atoms with Crippen LogP contribution < -0.4 is 10.9 Å². The molecule has 0 spiro atoms. The lowest BCUT2D eigenvalue weighted by molar-refractivity contribution is -0.122. The number of piperazine rings is 1. The smallest absolute Gasteiger partial charge is 0.282 e. The number of nitrogens with zero attached hydrogens (tertiary/aromatic N) is 5. The first kappa shape index (κ1) is 23.5. The van der Waals surface area contributed by atoms with Crippen molar-refractivity contribution in [3.63, 3.8) is 0 Å². The van der Waals surface area contributed by atoms with Crippen LogP contribution in [0, 0.1) is 0 Å². The minimum atomic E-state index is -0.257. The van der Waals surface area contributed by atoms with Gasteiger partial charge in [-0.3, -0.25) is 19.3 Å². The average Bonchev–Trinajstić information content (AvgIpc) is 3.24. The highest BCUT2D eigenvalue weighted by atomic mass is 16.2. The van der Waals surface area contributed by atoms with E-state index in [1.54, 1.807) is 28.9 Å². The first-order chi connectivity index (χ1) is 17.5. The highest BCUT2D eigenvalue weighted by Gasteiger charge is 2.29. The van der Waals surface area contributed by atoms with Crippen LogP contribution in [0.2, 0.25) is 0 Å². The standard InChI is InChI=1S/C27H28N6O3/c1-30-17-22(25-23(18-30)27(36)33(29-25)21-10-6-3-7-11-21)26(35)32-14-12-31(13-15-32)19-24(34)28-16-20-8-4-2-5-9-20/h2-11,17-18H,12-16,19H2,1H3,(H,28,34). The Morgan fingerprint density at radius 3 is 2.28 bits per heavy atom. The summed E-state index contributed by atoms with van der Waals surface area (Å²) in [6.07, 6.45) is 3.42. The van der Waals surface area contributed by atoms with E-state index in [0.717, 1.165) is 5.56 Å². The fourth-order valence-electron chi connectivity index (χ4n) is 4.47. The molecule has 0 bridgehead atoms. The van der Waals surface area contributed by atoms with Crippen molar-refractivity contribution in [2.75, 3.05) is 32.7 Å². The van der Waals surface area contributed by atoms with Crippen LogP contribution in [0.3, 0.4) is 0 Å². The Bertz CT molecular complexity index is 1390. The number of carbonyl (C=O) groups is 2. The molecule has 1 saturated heterocycles. The second-order valence-electron chi connectivity index (χ2n) is 8.98. The lowest BCUT2D eigenvalue weighted by atomic mass is 10.1. The first-order valence-electron chi connectivity index (χ1n) is 12.0. The van der Waals surface area contributed by atoms with Gasteiger partial charge in [0.1, 0.15) is 5.69 Å². The SMILES string of the molecule is Cn1cc(C(=O)N2CCN(CC(=O)NCc3ccccc3)CC2)c2nn(-c3ccccc3)c(=O)c-2c1. The molecule has 0 aromatic heterocycles. The van der Waals surface area contributed by atoms with E-state index in [4.69, 9.17) is 0 Å². The number of hydrogen-bond acceptors (Lipinski definition) is 5. The molecule has 2 aromatic carbocycles. The Labute approximate surface area is 208 Å². The number of carbonyl (C=O) groups excluding carboxylic acids is 2. The number of para-hydroxylation sites is 1. The molecular weight excluding hydrogens is 456 g/mol. The molecule has 0 radical (unpaired) electrons. The Morgan fingerprint density at radius 1 is 0.917 bits per heavy atom. The predicted octanol–water partition coefficient (Wildman–Crippen LogP) is 1.75. The number of fused-ring (bicyclic) bond motifs is 1. The summed E-state index contributed by atoms with van der Waals surface area (Å²) < 4.78 is 3.06. The second kappa shape index (κ2) is 10.2. The summed E-state index contributed by atoms with van der Waals surface area (Å²) in [5, 5.41) is 7.47. The van der Waals surface area contributed by atoms with Crippen LogP contribution in [-0.4, -0.2) is 68.7 Å². The summed E-state index contributed by atoms with van der Waals surface area (Å²) in [5.41, 5.74) is 2.65. The molecule has 1 N–H and O–H groups in total. The summed E-state index contributed by atoms with van der Waals surface area (Å²) in [5.74, 6) is -0.202. The third-order valence-corrected chi connectivity index (χ3v) is 6.39. The monoisotopic (exact) mass is 484 g/mol. The number of hydrogen-bond donors (Lipinski definition) is 1. The fraction of sp³-hybridized carbons (Fsp3) is 0.259. The van der Waals surface area contributed by atoms with Gasteiger partial charge in [0.2, 0.25) is 5.91 Å². The number of rotatable bonds is 6. The Kier molecular flexibility index (Phi) is 6.64. The van der Waals surface area contributed by atoms with Crippen LogP contribution in [0.15, 0.2) is 77.9 Å². The van der Waals surface area contributed by atoms with Gasteiger partial charge < -0.3 is 14.8 Å². The maximum atomic E-state index is 13.5. The van der Waals surface area contributed by atoms with Gasteiger partial charge in [-0.1, -0.05) is 48.5 Å². The van der Waals surface area contributed by atoms with Crippen molar-refractivity contribution in [1.29, 1.82) is 0 Å². The van der Waals surface area contributed by atoms with E-state index in [1.165, 1.54) is 4.68 Å². The topological polar surface area (TPSA) is 92.5 Å². The summed E-state index contributed by atoms with van der Waals surface area (Å²) in [6.45, 7) is 2.97. The molecule has 1 fully saturated rings. The highest BCUT2D eigenvalue weighted by molar-refractivity contribution is 6.00. The molecule has 3 aliphatic rings. The predicted molar refractivity (Wildman–Crippen MR) is 136 cm³/mol. The molecule has 2 aromatic rings. The zero-order valence-electron chi connectivity index (χ0n) is 20.1. The molecular formula is C27H28N6O3. The van der Waals surface area contributed by atoms with Gasteiger partial charge in [0.25, 0.3) is 11.5 Å². The van der Waals surface area contributed by atoms with Gasteiger partial charge in [-0.15, -0.1) is 0 Å². The van der Waals surface area contributed by atoms with Gasteiger partial charge in [0, 0.05) is 52.2 Å². The highest BCUT2D eigenvalue weighted by Crippen LogP contribution is 2.23. The number of nitrogens with one attached hydrogen (secondary N) is 1. The Hall–Kier alpha value is -4.24. The van der Waals surface area contributed by atoms with Crippen LogP contribution in [-0.2, 0) is 18.4 Å². The molecule has 5 rings (SSSR count). The van der Waals surface area contributed by atoms with E-state index >= 15 is 0 Å². The lowest BCUT2D eigenvalue weighted by Gasteiger charge is -2.34. The van der Waals surface area contributed by atoms with E-state index < -0.39 is 0 Å². The molecule has 9 nitrogen and oxygen atoms in total. The average molecular weight is 485 g/mol. The molecule has 36 heavy (non-hydrogen) atoms. The lowest BCUT2D eigenvalue weighted by Crippen LogP contribution is -2.51. The Balaban J connectivity index is 1.25. The molecule has 3 aliphatic heterocycles. The maximum absolute atomic E-state index is 13.5. The number of aromatic nitrogens is 3. The van der Waals surface area contributed by atoms with Crippen molar-refractivity contribution >= 4 is 11.8 Å². The van der Waals surface area contributed by atoms with Crippen molar-refractivity contribution < 1.29 is 9.59 Å². The minimum absolute atomic E-state index is 0.0372. The zero-order valence-corrected chi connectivity index (χ0v) is 20.1. The summed E-state index contributed by atoms with van der Waals surface area (Å²) in [7, 11) is 1.79. The molecule has 9 heteroatoms. The van der Waals surface area contributed by atoms with Gasteiger partial charge in [-0.25, -0.2) is 0 Å². The largest absolute Gasteiger partial charge is 0.356 e. The first-order valence-corrected chi connectivity index (χ1v) is 12.0. The van der Waals surface area contributed by atoms with Gasteiger partial charge in [0.15, 0.2) is 0 Å². The van der Waals surface area contributed by atoms with Crippen LogP contribution in [0.4, 0.5) is 0 Å². The van der Waals surface area contributed by atoms with E-state index in [2.05, 4.69) is 10.4 Å². The quantitative estimate of drug-likeness (QED) is 0.450. The van der Waals surface area contributed by atoms with Crippen molar-refractivity contribution in [1.82, 2.24) is 29.5 Å². The minimum Gasteiger partial charge on any atom is -0.356 e. The molecule has 0 unspecified atom stereocenters. The Morgan fingerprint density at radius 2 is 1.58 bits per heavy atom. The molecule has 2 amide bonds. The molecule has 0 saturated carbocycles. The zero-order chi connectivity index (χ0) is 25.1. The van der Waals surface area contributed by atoms with Gasteiger partial charge in [-0.2, -0.15) is 9.78 Å². The van der Waals surface area contributed by atoms with Gasteiger partial charge in [-0.05, 0) is 17.7 Å². The van der Waals surface area contributed by atoms with E-state index in [0.29, 0.717) is 61.8 Å². The summed E-state index contributed by atoms with van der Waals surface area (Å²) in [6, 6.07) is 19.0.